The molecule has 13 heavy (non-hydrogen) atoms. The predicted molar refractivity (Wildman–Crippen MR) is 54.2 cm³/mol. The third kappa shape index (κ3) is 2.92. The minimum atomic E-state index is -1.62. The van der Waals surface area contributed by atoms with Crippen LogP contribution in [0.3, 0.4) is 0 Å². The first-order valence-electron chi connectivity index (χ1n) is 3.98. The molecular formula is C7H14BN3O2. The van der Waals surface area contributed by atoms with E-state index < -0.39 is 7.12 Å². The van der Waals surface area contributed by atoms with Gasteiger partial charge < -0.3 is 21.5 Å². The fraction of sp³-hybridized carbons (Fsp3) is 0.286. The smallest absolute Gasteiger partial charge is 0.423 e. The highest BCUT2D eigenvalue weighted by molar-refractivity contribution is 6.60. The first kappa shape index (κ1) is 11.7. The second-order valence-electron chi connectivity index (χ2n) is 2.11. The van der Waals surface area contributed by atoms with Crippen molar-refractivity contribution in [2.75, 3.05) is 11.5 Å². The van der Waals surface area contributed by atoms with Crippen LogP contribution < -0.4 is 16.9 Å². The lowest BCUT2D eigenvalue weighted by atomic mass is 9.80. The van der Waals surface area contributed by atoms with Crippen LogP contribution in [0.5, 0.6) is 0 Å². The molecule has 6 heteroatoms. The van der Waals surface area contributed by atoms with Crippen molar-refractivity contribution in [3.63, 3.8) is 0 Å². The van der Waals surface area contributed by atoms with Gasteiger partial charge in [-0.2, -0.15) is 0 Å². The SMILES string of the molecule is CC.Nc1cncc(B(O)O)c1N. The van der Waals surface area contributed by atoms with E-state index in [4.69, 9.17) is 21.5 Å². The molecule has 0 spiro atoms. The Morgan fingerprint density at radius 1 is 1.23 bits per heavy atom. The molecule has 0 saturated heterocycles. The van der Waals surface area contributed by atoms with Gasteiger partial charge in [0.25, 0.3) is 0 Å². The Hall–Kier alpha value is -1.27. The molecule has 1 aromatic rings. The lowest BCUT2D eigenvalue weighted by Crippen LogP contribution is -2.33. The third-order valence-corrected chi connectivity index (χ3v) is 1.33. The number of anilines is 2. The molecule has 0 aliphatic carbocycles. The molecule has 0 atom stereocenters. The summed E-state index contributed by atoms with van der Waals surface area (Å²) in [5.74, 6) is 0. The number of aromatic nitrogens is 1. The predicted octanol–water partition coefficient (Wildman–Crippen LogP) is -1.05. The van der Waals surface area contributed by atoms with Crippen LogP contribution in [0.4, 0.5) is 11.4 Å². The Kier molecular flexibility index (Phi) is 4.87. The van der Waals surface area contributed by atoms with Crippen molar-refractivity contribution < 1.29 is 10.0 Å². The largest absolute Gasteiger partial charge is 0.492 e. The molecule has 0 unspecified atom stereocenters. The van der Waals surface area contributed by atoms with Crippen LogP contribution >= 0.6 is 0 Å². The van der Waals surface area contributed by atoms with Gasteiger partial charge in [-0.15, -0.1) is 0 Å². The zero-order valence-electron chi connectivity index (χ0n) is 7.73. The van der Waals surface area contributed by atoms with Crippen molar-refractivity contribution >= 4 is 24.0 Å². The fourth-order valence-electron chi connectivity index (χ4n) is 0.709. The van der Waals surface area contributed by atoms with Gasteiger partial charge in [0.1, 0.15) is 0 Å². The molecule has 0 aromatic carbocycles. The molecule has 0 radical (unpaired) electrons. The van der Waals surface area contributed by atoms with Gasteiger partial charge in [-0.25, -0.2) is 0 Å². The number of rotatable bonds is 1. The Balaban J connectivity index is 0.000000671. The number of nitrogens with zero attached hydrogens (tertiary/aromatic N) is 1. The lowest BCUT2D eigenvalue weighted by Gasteiger charge is -2.04. The maximum absolute atomic E-state index is 8.71. The molecule has 0 aliphatic rings. The summed E-state index contributed by atoms with van der Waals surface area (Å²) in [4.78, 5) is 3.64. The molecule has 1 rings (SSSR count). The van der Waals surface area contributed by atoms with Crippen molar-refractivity contribution in [3.05, 3.63) is 12.4 Å². The van der Waals surface area contributed by atoms with E-state index in [1.54, 1.807) is 0 Å². The number of hydrogen-bond acceptors (Lipinski definition) is 5. The van der Waals surface area contributed by atoms with Gasteiger partial charge in [-0.05, 0) is 0 Å². The van der Waals surface area contributed by atoms with Gasteiger partial charge in [0.15, 0.2) is 0 Å². The van der Waals surface area contributed by atoms with Gasteiger partial charge in [-0.1, -0.05) is 13.8 Å². The second kappa shape index (κ2) is 5.39. The Morgan fingerprint density at radius 2 is 1.77 bits per heavy atom. The summed E-state index contributed by atoms with van der Waals surface area (Å²) in [5, 5.41) is 17.4. The Bertz CT molecular complexity index is 268. The van der Waals surface area contributed by atoms with Crippen LogP contribution in [0.25, 0.3) is 0 Å². The van der Waals surface area contributed by atoms with Crippen molar-refractivity contribution in [2.24, 2.45) is 0 Å². The van der Waals surface area contributed by atoms with Crippen molar-refractivity contribution in [1.82, 2.24) is 4.98 Å². The quantitative estimate of drug-likeness (QED) is 0.416. The third-order valence-electron chi connectivity index (χ3n) is 1.33. The highest BCUT2D eigenvalue weighted by Gasteiger charge is 2.15. The van der Waals surface area contributed by atoms with Gasteiger partial charge in [0.05, 0.1) is 17.6 Å². The number of pyridine rings is 1. The molecule has 5 nitrogen and oxygen atoms in total. The van der Waals surface area contributed by atoms with Crippen LogP contribution in [0.1, 0.15) is 13.8 Å². The van der Waals surface area contributed by atoms with E-state index in [-0.39, 0.29) is 16.8 Å². The van der Waals surface area contributed by atoms with Gasteiger partial charge in [-0.3, -0.25) is 4.98 Å². The second-order valence-corrected chi connectivity index (χ2v) is 2.11. The summed E-state index contributed by atoms with van der Waals surface area (Å²) in [6.45, 7) is 4.00. The number of nitrogen functional groups attached to an aromatic ring is 2. The standard InChI is InChI=1S/C5H8BN3O2.C2H6/c7-4-2-9-1-3(5(4)8)6(10)11;1-2/h1-2,10-11H,7H2,(H2,8,9);1-2H3. The summed E-state index contributed by atoms with van der Waals surface area (Å²) in [6.07, 6.45) is 2.61. The molecule has 72 valence electrons. The summed E-state index contributed by atoms with van der Waals surface area (Å²) < 4.78 is 0. The molecule has 0 aliphatic heterocycles. The molecule has 0 fully saturated rings. The maximum Gasteiger partial charge on any atom is 0.492 e. The zero-order chi connectivity index (χ0) is 10.4. The zero-order valence-corrected chi connectivity index (χ0v) is 7.73. The average molecular weight is 183 g/mol. The van der Waals surface area contributed by atoms with Crippen LogP contribution in [0.15, 0.2) is 12.4 Å². The molecular weight excluding hydrogens is 169 g/mol. The van der Waals surface area contributed by atoms with Gasteiger partial charge in [0.2, 0.25) is 0 Å². The van der Waals surface area contributed by atoms with E-state index in [1.165, 1.54) is 12.4 Å². The molecule has 0 bridgehead atoms. The van der Waals surface area contributed by atoms with Crippen molar-refractivity contribution in [1.29, 1.82) is 0 Å². The molecule has 0 saturated carbocycles. The molecule has 1 heterocycles. The molecule has 1 aromatic heterocycles. The van der Waals surface area contributed by atoms with Gasteiger partial charge >= 0.3 is 7.12 Å². The van der Waals surface area contributed by atoms with Crippen LogP contribution in [-0.2, 0) is 0 Å². The van der Waals surface area contributed by atoms with Crippen molar-refractivity contribution in [2.45, 2.75) is 13.8 Å². The van der Waals surface area contributed by atoms with E-state index in [9.17, 15) is 0 Å². The minimum absolute atomic E-state index is 0.130. The summed E-state index contributed by atoms with van der Waals surface area (Å²) in [7, 11) is -1.62. The summed E-state index contributed by atoms with van der Waals surface area (Å²) >= 11 is 0. The topological polar surface area (TPSA) is 105 Å². The van der Waals surface area contributed by atoms with Crippen LogP contribution in [-0.4, -0.2) is 22.2 Å². The summed E-state index contributed by atoms with van der Waals surface area (Å²) in [6, 6.07) is 0. The fourth-order valence-corrected chi connectivity index (χ4v) is 0.709. The number of hydrogen-bond donors (Lipinski definition) is 4. The van der Waals surface area contributed by atoms with E-state index >= 15 is 0 Å². The van der Waals surface area contributed by atoms with Crippen LogP contribution in [0, 0.1) is 0 Å². The first-order valence-corrected chi connectivity index (χ1v) is 3.98. The Morgan fingerprint density at radius 3 is 2.15 bits per heavy atom. The lowest BCUT2D eigenvalue weighted by molar-refractivity contribution is 0.426. The highest BCUT2D eigenvalue weighted by atomic mass is 16.4. The van der Waals surface area contributed by atoms with Crippen LogP contribution in [0.2, 0.25) is 0 Å². The van der Waals surface area contributed by atoms with Gasteiger partial charge in [0, 0.05) is 11.7 Å². The van der Waals surface area contributed by atoms with E-state index in [0.29, 0.717) is 0 Å². The Labute approximate surface area is 77.5 Å². The first-order chi connectivity index (χ1) is 6.13. The summed E-state index contributed by atoms with van der Waals surface area (Å²) in [5.41, 5.74) is 11.3. The minimum Gasteiger partial charge on any atom is -0.423 e. The van der Waals surface area contributed by atoms with E-state index in [0.717, 1.165) is 0 Å². The molecule has 6 N–H and O–H groups in total. The van der Waals surface area contributed by atoms with E-state index in [1.807, 2.05) is 13.8 Å². The maximum atomic E-state index is 8.71. The number of nitrogens with two attached hydrogens (primary N) is 2. The molecule has 0 amide bonds. The van der Waals surface area contributed by atoms with Crippen molar-refractivity contribution in [3.8, 4) is 0 Å². The van der Waals surface area contributed by atoms with E-state index in [2.05, 4.69) is 4.98 Å². The highest BCUT2D eigenvalue weighted by Crippen LogP contribution is 2.07. The normalized spacial score (nSPS) is 8.62. The monoisotopic (exact) mass is 183 g/mol. The average Bonchev–Trinajstić information content (AvgIpc) is 2.13.